The van der Waals surface area contributed by atoms with Gasteiger partial charge >= 0.3 is 0 Å². The summed E-state index contributed by atoms with van der Waals surface area (Å²) in [6.45, 7) is 4.37. The quantitative estimate of drug-likeness (QED) is 0.710. The van der Waals surface area contributed by atoms with E-state index in [1.54, 1.807) is 11.8 Å². The van der Waals surface area contributed by atoms with Crippen LogP contribution in [0.25, 0.3) is 0 Å². The highest BCUT2D eigenvalue weighted by molar-refractivity contribution is 8.00. The fraction of sp³-hybridized carbons (Fsp3) is 0.381. The van der Waals surface area contributed by atoms with Crippen molar-refractivity contribution in [2.75, 3.05) is 25.4 Å². The van der Waals surface area contributed by atoms with Gasteiger partial charge in [0.15, 0.2) is 0 Å². The summed E-state index contributed by atoms with van der Waals surface area (Å²) < 4.78 is 5.44. The van der Waals surface area contributed by atoms with Crippen LogP contribution in [0.4, 0.5) is 0 Å². The number of rotatable bonds is 6. The van der Waals surface area contributed by atoms with Crippen LogP contribution >= 0.6 is 11.8 Å². The highest BCUT2D eigenvalue weighted by atomic mass is 32.2. The van der Waals surface area contributed by atoms with E-state index in [2.05, 4.69) is 30.3 Å². The molecule has 2 aromatic rings. The first kappa shape index (κ1) is 17.9. The number of hydrogen-bond donors (Lipinski definition) is 0. The maximum Gasteiger partial charge on any atom is 0.232 e. The van der Waals surface area contributed by atoms with Gasteiger partial charge < -0.3 is 9.64 Å². The van der Waals surface area contributed by atoms with Crippen molar-refractivity contribution in [1.82, 2.24) is 4.90 Å². The lowest BCUT2D eigenvalue weighted by Gasteiger charge is -2.32. The standard InChI is InChI=1S/C21H25NO2S/c1-2-24-19-8-10-20(11-9-19)25-16-21(23)22-14-12-18(13-15-22)17-6-4-3-5-7-17/h3-11,18H,2,12-16H2,1H3. The lowest BCUT2D eigenvalue weighted by Crippen LogP contribution is -2.38. The minimum absolute atomic E-state index is 0.241. The van der Waals surface area contributed by atoms with E-state index in [-0.39, 0.29) is 5.91 Å². The fourth-order valence-electron chi connectivity index (χ4n) is 3.22. The van der Waals surface area contributed by atoms with Gasteiger partial charge in [0.05, 0.1) is 12.4 Å². The molecule has 1 aliphatic rings. The highest BCUT2D eigenvalue weighted by Gasteiger charge is 2.23. The topological polar surface area (TPSA) is 29.5 Å². The van der Waals surface area contributed by atoms with E-state index >= 15 is 0 Å². The van der Waals surface area contributed by atoms with Gasteiger partial charge in [-0.05, 0) is 55.5 Å². The number of ether oxygens (including phenoxy) is 1. The van der Waals surface area contributed by atoms with Crippen LogP contribution in [0.2, 0.25) is 0 Å². The number of thioether (sulfide) groups is 1. The number of carbonyl (C=O) groups excluding carboxylic acids is 1. The largest absolute Gasteiger partial charge is 0.494 e. The monoisotopic (exact) mass is 355 g/mol. The molecule has 0 N–H and O–H groups in total. The molecule has 1 fully saturated rings. The van der Waals surface area contributed by atoms with Gasteiger partial charge in [-0.3, -0.25) is 4.79 Å². The van der Waals surface area contributed by atoms with Crippen LogP contribution in [0.1, 0.15) is 31.2 Å². The first-order chi connectivity index (χ1) is 12.3. The van der Waals surface area contributed by atoms with Crippen molar-refractivity contribution in [3.8, 4) is 5.75 Å². The Morgan fingerprint density at radius 2 is 1.76 bits per heavy atom. The number of likely N-dealkylation sites (tertiary alicyclic amines) is 1. The van der Waals surface area contributed by atoms with Gasteiger partial charge in [-0.25, -0.2) is 0 Å². The van der Waals surface area contributed by atoms with Gasteiger partial charge in [0.25, 0.3) is 0 Å². The summed E-state index contributed by atoms with van der Waals surface area (Å²) in [6.07, 6.45) is 2.12. The van der Waals surface area contributed by atoms with Crippen LogP contribution in [-0.4, -0.2) is 36.3 Å². The summed E-state index contributed by atoms with van der Waals surface area (Å²) in [6, 6.07) is 18.6. The molecule has 2 aromatic carbocycles. The smallest absolute Gasteiger partial charge is 0.232 e. The maximum absolute atomic E-state index is 12.5. The average molecular weight is 356 g/mol. The number of carbonyl (C=O) groups is 1. The van der Waals surface area contributed by atoms with Crippen molar-refractivity contribution in [3.05, 3.63) is 60.2 Å². The lowest BCUT2D eigenvalue weighted by atomic mass is 9.89. The molecule has 4 heteroatoms. The second kappa shape index (κ2) is 8.95. The van der Waals surface area contributed by atoms with E-state index in [1.807, 2.05) is 36.1 Å². The average Bonchev–Trinajstić information content (AvgIpc) is 2.68. The number of benzene rings is 2. The summed E-state index contributed by atoms with van der Waals surface area (Å²) in [5, 5.41) is 0. The molecular formula is C21H25NO2S. The van der Waals surface area contributed by atoms with Crippen LogP contribution in [0.15, 0.2) is 59.5 Å². The summed E-state index contributed by atoms with van der Waals surface area (Å²) >= 11 is 1.60. The molecule has 25 heavy (non-hydrogen) atoms. The van der Waals surface area contributed by atoms with Gasteiger partial charge in [-0.15, -0.1) is 11.8 Å². The minimum atomic E-state index is 0.241. The fourth-order valence-corrected chi connectivity index (χ4v) is 4.02. The zero-order valence-electron chi connectivity index (χ0n) is 14.7. The molecule has 0 aromatic heterocycles. The first-order valence-electron chi connectivity index (χ1n) is 8.94. The van der Waals surface area contributed by atoms with E-state index in [9.17, 15) is 4.79 Å². The first-order valence-corrected chi connectivity index (χ1v) is 9.93. The molecule has 1 saturated heterocycles. The van der Waals surface area contributed by atoms with Crippen LogP contribution < -0.4 is 4.74 Å². The summed E-state index contributed by atoms with van der Waals surface area (Å²) in [5.41, 5.74) is 1.40. The van der Waals surface area contributed by atoms with E-state index in [4.69, 9.17) is 4.74 Å². The predicted molar refractivity (Wildman–Crippen MR) is 103 cm³/mol. The molecule has 3 nitrogen and oxygen atoms in total. The molecule has 0 unspecified atom stereocenters. The summed E-state index contributed by atoms with van der Waals surface area (Å²) in [7, 11) is 0. The highest BCUT2D eigenvalue weighted by Crippen LogP contribution is 2.28. The molecule has 0 saturated carbocycles. The zero-order valence-corrected chi connectivity index (χ0v) is 15.5. The lowest BCUT2D eigenvalue weighted by molar-refractivity contribution is -0.129. The van der Waals surface area contributed by atoms with Gasteiger partial charge in [0.2, 0.25) is 5.91 Å². The van der Waals surface area contributed by atoms with Crippen molar-refractivity contribution in [3.63, 3.8) is 0 Å². The molecule has 0 bridgehead atoms. The molecule has 0 atom stereocenters. The van der Waals surface area contributed by atoms with Crippen LogP contribution in [-0.2, 0) is 4.79 Å². The van der Waals surface area contributed by atoms with Crippen molar-refractivity contribution in [2.24, 2.45) is 0 Å². The second-order valence-corrected chi connectivity index (χ2v) is 7.31. The Morgan fingerprint density at radius 3 is 2.40 bits per heavy atom. The number of piperidine rings is 1. The number of nitrogens with zero attached hydrogens (tertiary/aromatic N) is 1. The van der Waals surface area contributed by atoms with Crippen LogP contribution in [0.5, 0.6) is 5.75 Å². The van der Waals surface area contributed by atoms with Crippen molar-refractivity contribution in [1.29, 1.82) is 0 Å². The molecule has 0 radical (unpaired) electrons. The molecule has 1 aliphatic heterocycles. The van der Waals surface area contributed by atoms with Crippen LogP contribution in [0.3, 0.4) is 0 Å². The Labute approximate surface area is 154 Å². The third-order valence-electron chi connectivity index (χ3n) is 4.62. The Kier molecular flexibility index (Phi) is 6.40. The van der Waals surface area contributed by atoms with E-state index in [1.165, 1.54) is 5.56 Å². The van der Waals surface area contributed by atoms with Crippen molar-refractivity contribution in [2.45, 2.75) is 30.6 Å². The van der Waals surface area contributed by atoms with Crippen LogP contribution in [0, 0.1) is 0 Å². The zero-order chi connectivity index (χ0) is 17.5. The van der Waals surface area contributed by atoms with Crippen molar-refractivity contribution >= 4 is 17.7 Å². The van der Waals surface area contributed by atoms with E-state index in [0.717, 1.165) is 36.6 Å². The Hall–Kier alpha value is -1.94. The van der Waals surface area contributed by atoms with Crippen molar-refractivity contribution < 1.29 is 9.53 Å². The molecule has 1 amide bonds. The summed E-state index contributed by atoms with van der Waals surface area (Å²) in [5.74, 6) is 2.21. The third-order valence-corrected chi connectivity index (χ3v) is 5.61. The Balaban J connectivity index is 1.45. The SMILES string of the molecule is CCOc1ccc(SCC(=O)N2CCC(c3ccccc3)CC2)cc1. The molecule has 1 heterocycles. The minimum Gasteiger partial charge on any atom is -0.494 e. The predicted octanol–water partition coefficient (Wildman–Crippen LogP) is 4.58. The molecule has 3 rings (SSSR count). The van der Waals surface area contributed by atoms with E-state index < -0.39 is 0 Å². The normalized spacial score (nSPS) is 15.2. The molecular weight excluding hydrogens is 330 g/mol. The third kappa shape index (κ3) is 5.02. The molecule has 0 spiro atoms. The van der Waals surface area contributed by atoms with Gasteiger partial charge in [0, 0.05) is 18.0 Å². The Bertz CT molecular complexity index is 664. The van der Waals surface area contributed by atoms with Gasteiger partial charge in [-0.1, -0.05) is 30.3 Å². The molecule has 0 aliphatic carbocycles. The Morgan fingerprint density at radius 1 is 1.08 bits per heavy atom. The number of amides is 1. The second-order valence-electron chi connectivity index (χ2n) is 6.26. The van der Waals surface area contributed by atoms with E-state index in [0.29, 0.717) is 18.3 Å². The van der Waals surface area contributed by atoms with Gasteiger partial charge in [-0.2, -0.15) is 0 Å². The number of hydrogen-bond acceptors (Lipinski definition) is 3. The summed E-state index contributed by atoms with van der Waals surface area (Å²) in [4.78, 5) is 15.6. The maximum atomic E-state index is 12.5. The van der Waals surface area contributed by atoms with Gasteiger partial charge in [0.1, 0.15) is 5.75 Å². The molecule has 132 valence electrons.